The number of urea groups is 1. The molecule has 166 valence electrons. The molecule has 2 aromatic heterocycles. The molecule has 1 aromatic carbocycles. The van der Waals surface area contributed by atoms with E-state index in [1.807, 2.05) is 48.9 Å². The minimum absolute atomic E-state index is 0.221. The highest BCUT2D eigenvalue weighted by molar-refractivity contribution is 7.99. The van der Waals surface area contributed by atoms with Crippen molar-refractivity contribution in [3.05, 3.63) is 77.1 Å². The molecule has 0 saturated carbocycles. The Hall–Kier alpha value is -3.46. The Morgan fingerprint density at radius 3 is 2.78 bits per heavy atom. The predicted molar refractivity (Wildman–Crippen MR) is 121 cm³/mol. The number of ether oxygens (including phenoxy) is 1. The maximum atomic E-state index is 12.9. The topological polar surface area (TPSA) is 98.4 Å². The number of hydrogen-bond acceptors (Lipinski definition) is 6. The summed E-state index contributed by atoms with van der Waals surface area (Å²) in [6.07, 6.45) is 3.62. The zero-order valence-electron chi connectivity index (χ0n) is 18.0. The summed E-state index contributed by atoms with van der Waals surface area (Å²) >= 11 is 1.42. The lowest BCUT2D eigenvalue weighted by atomic mass is 10.0. The molecule has 2 N–H and O–H groups in total. The highest BCUT2D eigenvalue weighted by Gasteiger charge is 2.35. The summed E-state index contributed by atoms with van der Waals surface area (Å²) in [5, 5.41) is 6.29. The van der Waals surface area contributed by atoms with Crippen molar-refractivity contribution in [3.8, 4) is 5.69 Å². The number of nitrogens with one attached hydrogen (secondary N) is 2. The molecule has 1 atom stereocenters. The number of hydrogen-bond donors (Lipinski definition) is 2. The molecule has 4 rings (SSSR count). The molecule has 1 aliphatic heterocycles. The number of thioether (sulfide) groups is 1. The number of carbonyl (C=O) groups is 2. The molecule has 3 heterocycles. The van der Waals surface area contributed by atoms with Gasteiger partial charge in [0, 0.05) is 23.8 Å². The average molecular weight is 453 g/mol. The maximum Gasteiger partial charge on any atom is 0.338 e. The minimum atomic E-state index is -0.733. The number of aromatic nitrogens is 2. The molecule has 2 amide bonds. The number of nitrogens with zero attached hydrogens (tertiary/aromatic N) is 2. The van der Waals surface area contributed by atoms with Crippen molar-refractivity contribution in [1.82, 2.24) is 20.2 Å². The standard InChI is InChI=1S/C23H24N4O4S/c1-4-30-21(28)19-16(25-22(29)26-20(19)18-10-9-15(3)31-18)13-32-23-24-11-12-27(23)17-8-6-5-7-14(17)2/h5-12,20H,4,13H2,1-3H3,(H2,25,26,29). The molecule has 9 heteroatoms. The van der Waals surface area contributed by atoms with Gasteiger partial charge in [0.25, 0.3) is 0 Å². The van der Waals surface area contributed by atoms with Crippen molar-refractivity contribution in [2.45, 2.75) is 32.0 Å². The van der Waals surface area contributed by atoms with Crippen LogP contribution >= 0.6 is 11.8 Å². The van der Waals surface area contributed by atoms with Crippen LogP contribution < -0.4 is 10.6 Å². The molecular weight excluding hydrogens is 428 g/mol. The third-order valence-corrected chi connectivity index (χ3v) is 6.02. The quantitative estimate of drug-likeness (QED) is 0.415. The van der Waals surface area contributed by atoms with E-state index in [4.69, 9.17) is 9.15 Å². The molecule has 0 bridgehead atoms. The Balaban J connectivity index is 1.67. The smallest absolute Gasteiger partial charge is 0.338 e. The van der Waals surface area contributed by atoms with Crippen LogP contribution in [0.3, 0.4) is 0 Å². The number of furan rings is 1. The lowest BCUT2D eigenvalue weighted by Gasteiger charge is -2.27. The van der Waals surface area contributed by atoms with Crippen molar-refractivity contribution >= 4 is 23.8 Å². The second-order valence-corrected chi connectivity index (χ2v) is 8.19. The first-order valence-corrected chi connectivity index (χ1v) is 11.2. The van der Waals surface area contributed by atoms with E-state index in [2.05, 4.69) is 15.6 Å². The lowest BCUT2D eigenvalue weighted by Crippen LogP contribution is -2.46. The van der Waals surface area contributed by atoms with Gasteiger partial charge in [-0.15, -0.1) is 0 Å². The second kappa shape index (κ2) is 9.35. The molecule has 1 unspecified atom stereocenters. The van der Waals surface area contributed by atoms with Gasteiger partial charge in [-0.3, -0.25) is 4.57 Å². The number of rotatable bonds is 7. The van der Waals surface area contributed by atoms with Crippen LogP contribution in [0.15, 0.2) is 69.6 Å². The molecule has 1 aliphatic rings. The summed E-state index contributed by atoms with van der Waals surface area (Å²) < 4.78 is 13.0. The van der Waals surface area contributed by atoms with E-state index in [1.54, 1.807) is 25.3 Å². The number of benzene rings is 1. The van der Waals surface area contributed by atoms with E-state index < -0.39 is 18.0 Å². The monoisotopic (exact) mass is 452 g/mol. The van der Waals surface area contributed by atoms with Crippen molar-refractivity contribution in [2.24, 2.45) is 0 Å². The number of carbonyl (C=O) groups excluding carboxylic acids is 2. The van der Waals surface area contributed by atoms with Crippen LogP contribution in [0.4, 0.5) is 4.79 Å². The van der Waals surface area contributed by atoms with Crippen LogP contribution in [0.25, 0.3) is 5.69 Å². The van der Waals surface area contributed by atoms with E-state index in [0.717, 1.165) is 16.4 Å². The number of para-hydroxylation sites is 1. The molecule has 0 saturated heterocycles. The zero-order chi connectivity index (χ0) is 22.7. The molecule has 0 radical (unpaired) electrons. The largest absolute Gasteiger partial charge is 0.464 e. The van der Waals surface area contributed by atoms with Crippen molar-refractivity contribution < 1.29 is 18.7 Å². The predicted octanol–water partition coefficient (Wildman–Crippen LogP) is 4.05. The molecule has 32 heavy (non-hydrogen) atoms. The van der Waals surface area contributed by atoms with Crippen LogP contribution in [0.2, 0.25) is 0 Å². The summed E-state index contributed by atoms with van der Waals surface area (Å²) in [5.41, 5.74) is 2.92. The maximum absolute atomic E-state index is 12.9. The van der Waals surface area contributed by atoms with Crippen LogP contribution in [0, 0.1) is 13.8 Å². The van der Waals surface area contributed by atoms with Gasteiger partial charge in [-0.25, -0.2) is 14.6 Å². The second-order valence-electron chi connectivity index (χ2n) is 7.25. The van der Waals surface area contributed by atoms with E-state index in [9.17, 15) is 9.59 Å². The average Bonchev–Trinajstić information content (AvgIpc) is 3.41. The first kappa shape index (κ1) is 21.8. The van der Waals surface area contributed by atoms with Crippen LogP contribution in [-0.4, -0.2) is 33.9 Å². The van der Waals surface area contributed by atoms with E-state index >= 15 is 0 Å². The first-order valence-electron chi connectivity index (χ1n) is 10.2. The Bertz CT molecular complexity index is 1180. The third-order valence-electron chi connectivity index (χ3n) is 5.02. The van der Waals surface area contributed by atoms with Crippen LogP contribution in [0.1, 0.15) is 30.0 Å². The summed E-state index contributed by atoms with van der Waals surface area (Å²) in [4.78, 5) is 29.7. The summed E-state index contributed by atoms with van der Waals surface area (Å²) in [5.74, 6) is 0.981. The van der Waals surface area contributed by atoms with Gasteiger partial charge in [0.15, 0.2) is 5.16 Å². The molecular formula is C23H24N4O4S. The number of aryl methyl sites for hydroxylation is 2. The number of esters is 1. The molecule has 0 aliphatic carbocycles. The normalized spacial score (nSPS) is 16.0. The zero-order valence-corrected chi connectivity index (χ0v) is 18.9. The summed E-state index contributed by atoms with van der Waals surface area (Å²) in [6.45, 7) is 5.81. The fraction of sp³-hybridized carbons (Fsp3) is 0.261. The van der Waals surface area contributed by atoms with Gasteiger partial charge in [-0.1, -0.05) is 30.0 Å². The summed E-state index contributed by atoms with van der Waals surface area (Å²) in [6, 6.07) is 10.4. The van der Waals surface area contributed by atoms with Gasteiger partial charge in [-0.2, -0.15) is 0 Å². The van der Waals surface area contributed by atoms with Gasteiger partial charge in [0.1, 0.15) is 17.6 Å². The lowest BCUT2D eigenvalue weighted by molar-refractivity contribution is -0.139. The third kappa shape index (κ3) is 4.43. The number of imidazole rings is 1. The molecule has 0 spiro atoms. The van der Waals surface area contributed by atoms with Gasteiger partial charge < -0.3 is 19.8 Å². The molecule has 8 nitrogen and oxygen atoms in total. The molecule has 0 fully saturated rings. The Labute approximate surface area is 190 Å². The highest BCUT2D eigenvalue weighted by atomic mass is 32.2. The van der Waals surface area contributed by atoms with Gasteiger partial charge in [-0.05, 0) is 44.5 Å². The van der Waals surface area contributed by atoms with Crippen molar-refractivity contribution in [1.29, 1.82) is 0 Å². The minimum Gasteiger partial charge on any atom is -0.464 e. The highest BCUT2D eigenvalue weighted by Crippen LogP contribution is 2.32. The fourth-order valence-electron chi connectivity index (χ4n) is 3.55. The van der Waals surface area contributed by atoms with E-state index in [-0.39, 0.29) is 6.61 Å². The van der Waals surface area contributed by atoms with E-state index in [1.165, 1.54) is 11.8 Å². The van der Waals surface area contributed by atoms with Gasteiger partial charge in [0.05, 0.1) is 17.9 Å². The molecule has 3 aromatic rings. The Morgan fingerprint density at radius 1 is 1.25 bits per heavy atom. The summed E-state index contributed by atoms with van der Waals surface area (Å²) in [7, 11) is 0. The fourth-order valence-corrected chi connectivity index (χ4v) is 4.49. The first-order chi connectivity index (χ1) is 15.5. The van der Waals surface area contributed by atoms with Gasteiger partial charge in [0.2, 0.25) is 0 Å². The van der Waals surface area contributed by atoms with E-state index in [0.29, 0.717) is 28.5 Å². The van der Waals surface area contributed by atoms with Crippen LogP contribution in [-0.2, 0) is 9.53 Å². The van der Waals surface area contributed by atoms with Crippen molar-refractivity contribution in [3.63, 3.8) is 0 Å². The van der Waals surface area contributed by atoms with Crippen LogP contribution in [0.5, 0.6) is 0 Å². The SMILES string of the molecule is CCOC(=O)C1=C(CSc2nccn2-c2ccccc2C)NC(=O)NC1c1ccc(C)o1. The van der Waals surface area contributed by atoms with Crippen molar-refractivity contribution in [2.75, 3.05) is 12.4 Å². The van der Waals surface area contributed by atoms with Gasteiger partial charge >= 0.3 is 12.0 Å². The number of amides is 2. The Morgan fingerprint density at radius 2 is 2.06 bits per heavy atom. The Kier molecular flexibility index (Phi) is 6.36.